The Balaban J connectivity index is 1.60. The van der Waals surface area contributed by atoms with E-state index in [1.54, 1.807) is 11.8 Å². The van der Waals surface area contributed by atoms with Crippen molar-refractivity contribution in [2.45, 2.75) is 71.8 Å². The molecule has 0 radical (unpaired) electrons. The molecule has 5 heteroatoms. The summed E-state index contributed by atoms with van der Waals surface area (Å²) in [6, 6.07) is 0. The van der Waals surface area contributed by atoms with Gasteiger partial charge in [-0.15, -0.1) is 11.8 Å². The number of carbonyl (C=O) groups excluding carboxylic acids is 2. The van der Waals surface area contributed by atoms with Gasteiger partial charge in [0.2, 0.25) is 0 Å². The van der Waals surface area contributed by atoms with Crippen molar-refractivity contribution in [3.8, 4) is 0 Å². The number of rotatable bonds is 8. The summed E-state index contributed by atoms with van der Waals surface area (Å²) < 4.78 is 6.03. The smallest absolute Gasteiger partial charge is 0.316 e. The fourth-order valence-corrected chi connectivity index (χ4v) is 6.50. The zero-order valence-electron chi connectivity index (χ0n) is 17.9. The van der Waals surface area contributed by atoms with E-state index in [9.17, 15) is 9.59 Å². The normalized spacial score (nSPS) is 34.4. The third kappa shape index (κ3) is 4.84. The highest BCUT2D eigenvalue weighted by Crippen LogP contribution is 2.57. The Morgan fingerprint density at radius 3 is 2.86 bits per heavy atom. The number of Topliss-reactive ketones (excluding diaryl/α,β-unsaturated/α-hetero) is 1. The Morgan fingerprint density at radius 2 is 2.11 bits per heavy atom. The highest BCUT2D eigenvalue weighted by atomic mass is 32.2. The number of allylic oxidation sites excluding steroid dienone is 1. The van der Waals surface area contributed by atoms with Crippen LogP contribution in [0, 0.1) is 17.3 Å². The standard InChI is InChI=1S/C23H37NO3S/c1-4-24(5-2)13-14-28-16-21(26)27-20-15-17(3)8-11-23-10-6-7-18(20)22(23)19(25)9-12-23/h8,18,20,22H,4-7,9-16H2,1-3H3/b17-8-/t18?,20-,22?,23+/m0/s1. The largest absolute Gasteiger partial charge is 0.461 e. The first-order valence-corrected chi connectivity index (χ1v) is 12.3. The molecule has 4 nitrogen and oxygen atoms in total. The Hall–Kier alpha value is -0.810. The molecule has 0 aromatic rings. The molecule has 0 amide bonds. The van der Waals surface area contributed by atoms with E-state index < -0.39 is 0 Å². The summed E-state index contributed by atoms with van der Waals surface area (Å²) in [5, 5.41) is 0. The van der Waals surface area contributed by atoms with E-state index in [2.05, 4.69) is 31.7 Å². The summed E-state index contributed by atoms with van der Waals surface area (Å²) in [5.74, 6) is 2.01. The molecule has 0 N–H and O–H groups in total. The molecule has 3 rings (SSSR count). The van der Waals surface area contributed by atoms with Gasteiger partial charge >= 0.3 is 5.97 Å². The maximum atomic E-state index is 12.8. The highest BCUT2D eigenvalue weighted by Gasteiger charge is 2.55. The van der Waals surface area contributed by atoms with E-state index in [0.29, 0.717) is 11.5 Å². The van der Waals surface area contributed by atoms with Crippen LogP contribution in [0.5, 0.6) is 0 Å². The van der Waals surface area contributed by atoms with Crippen LogP contribution in [0.4, 0.5) is 0 Å². The molecular formula is C23H37NO3S. The Morgan fingerprint density at radius 1 is 1.32 bits per heavy atom. The Kier molecular flexibility index (Phi) is 7.66. The quantitative estimate of drug-likeness (QED) is 0.337. The fourth-order valence-electron chi connectivity index (χ4n) is 5.74. The zero-order chi connectivity index (χ0) is 20.1. The van der Waals surface area contributed by atoms with Crippen LogP contribution >= 0.6 is 11.8 Å². The summed E-state index contributed by atoms with van der Waals surface area (Å²) >= 11 is 1.66. The van der Waals surface area contributed by atoms with Gasteiger partial charge in [-0.05, 0) is 51.1 Å². The van der Waals surface area contributed by atoms with Crippen LogP contribution in [0.15, 0.2) is 11.6 Å². The van der Waals surface area contributed by atoms with Crippen molar-refractivity contribution in [3.63, 3.8) is 0 Å². The first kappa shape index (κ1) is 21.9. The third-order valence-corrected chi connectivity index (χ3v) is 8.23. The van der Waals surface area contributed by atoms with Crippen molar-refractivity contribution in [2.24, 2.45) is 17.3 Å². The molecular weight excluding hydrogens is 370 g/mol. The maximum Gasteiger partial charge on any atom is 0.316 e. The van der Waals surface area contributed by atoms with E-state index in [-0.39, 0.29) is 29.3 Å². The average molecular weight is 408 g/mol. The second-order valence-corrected chi connectivity index (χ2v) is 10.0. The number of thioether (sulfide) groups is 1. The summed E-state index contributed by atoms with van der Waals surface area (Å²) in [6.45, 7) is 9.60. The van der Waals surface area contributed by atoms with Crippen molar-refractivity contribution in [1.29, 1.82) is 0 Å². The summed E-state index contributed by atoms with van der Waals surface area (Å²) in [6.07, 6.45) is 9.12. The van der Waals surface area contributed by atoms with Crippen LogP contribution in [0.1, 0.15) is 65.7 Å². The van der Waals surface area contributed by atoms with Gasteiger partial charge in [-0.2, -0.15) is 0 Å². The molecule has 0 aliphatic heterocycles. The summed E-state index contributed by atoms with van der Waals surface area (Å²) in [4.78, 5) is 27.7. The predicted octanol–water partition coefficient (Wildman–Crippen LogP) is 4.48. The molecule has 3 aliphatic carbocycles. The van der Waals surface area contributed by atoms with Gasteiger partial charge in [0.1, 0.15) is 11.9 Å². The summed E-state index contributed by atoms with van der Waals surface area (Å²) in [7, 11) is 0. The molecule has 0 saturated heterocycles. The lowest BCUT2D eigenvalue weighted by molar-refractivity contribution is -0.155. The van der Waals surface area contributed by atoms with Crippen LogP contribution in [-0.2, 0) is 14.3 Å². The number of nitrogens with zero attached hydrogens (tertiary/aromatic N) is 1. The number of hydrogen-bond acceptors (Lipinski definition) is 5. The van der Waals surface area contributed by atoms with Gasteiger partial charge in [0, 0.05) is 37.0 Å². The maximum absolute atomic E-state index is 12.8. The first-order chi connectivity index (χ1) is 13.5. The molecule has 3 aliphatic rings. The van der Waals surface area contributed by atoms with Gasteiger partial charge in [0.15, 0.2) is 0 Å². The molecule has 0 spiro atoms. The van der Waals surface area contributed by atoms with E-state index in [0.717, 1.165) is 70.3 Å². The zero-order valence-corrected chi connectivity index (χ0v) is 18.7. The van der Waals surface area contributed by atoms with Crippen molar-refractivity contribution in [2.75, 3.05) is 31.1 Å². The lowest BCUT2D eigenvalue weighted by atomic mass is 9.59. The number of esters is 1. The van der Waals surface area contributed by atoms with E-state index >= 15 is 0 Å². The second-order valence-electron chi connectivity index (χ2n) is 8.93. The van der Waals surface area contributed by atoms with E-state index in [1.807, 2.05) is 0 Å². The molecule has 4 atom stereocenters. The topological polar surface area (TPSA) is 46.6 Å². The minimum absolute atomic E-state index is 0.107. The lowest BCUT2D eigenvalue weighted by Gasteiger charge is -2.46. The van der Waals surface area contributed by atoms with E-state index in [4.69, 9.17) is 4.74 Å². The van der Waals surface area contributed by atoms with Crippen LogP contribution in [0.25, 0.3) is 0 Å². The van der Waals surface area contributed by atoms with Crippen molar-refractivity contribution < 1.29 is 14.3 Å². The highest BCUT2D eigenvalue weighted by molar-refractivity contribution is 7.99. The molecule has 2 fully saturated rings. The minimum atomic E-state index is -0.126. The SMILES string of the molecule is CCN(CC)CCSCC(=O)O[C@H]1C/C(C)=C\C[C@@]23CCCC1C2C(=O)CC3. The molecule has 2 bridgehead atoms. The van der Waals surface area contributed by atoms with Gasteiger partial charge in [-0.25, -0.2) is 0 Å². The van der Waals surface area contributed by atoms with Gasteiger partial charge in [0.25, 0.3) is 0 Å². The molecule has 0 aromatic heterocycles. The van der Waals surface area contributed by atoms with Gasteiger partial charge in [0.05, 0.1) is 5.75 Å². The number of ketones is 1. The van der Waals surface area contributed by atoms with Gasteiger partial charge in [-0.3, -0.25) is 9.59 Å². The molecule has 2 saturated carbocycles. The number of hydrogen-bond donors (Lipinski definition) is 0. The van der Waals surface area contributed by atoms with Gasteiger partial charge in [-0.1, -0.05) is 31.9 Å². The minimum Gasteiger partial charge on any atom is -0.461 e. The van der Waals surface area contributed by atoms with Crippen molar-refractivity contribution >= 4 is 23.5 Å². The van der Waals surface area contributed by atoms with Crippen LogP contribution in [0.3, 0.4) is 0 Å². The number of carbonyl (C=O) groups is 2. The Labute approximate surface area is 174 Å². The number of ether oxygens (including phenoxy) is 1. The monoisotopic (exact) mass is 407 g/mol. The fraction of sp³-hybridized carbons (Fsp3) is 0.826. The van der Waals surface area contributed by atoms with E-state index in [1.165, 1.54) is 5.57 Å². The predicted molar refractivity (Wildman–Crippen MR) is 115 cm³/mol. The molecule has 0 heterocycles. The molecule has 158 valence electrons. The van der Waals surface area contributed by atoms with Gasteiger partial charge < -0.3 is 9.64 Å². The average Bonchev–Trinajstić information content (AvgIpc) is 3.02. The summed E-state index contributed by atoms with van der Waals surface area (Å²) in [5.41, 5.74) is 1.46. The van der Waals surface area contributed by atoms with Crippen LogP contribution < -0.4 is 0 Å². The Bertz CT molecular complexity index is 601. The molecule has 28 heavy (non-hydrogen) atoms. The molecule has 0 aromatic carbocycles. The second kappa shape index (κ2) is 9.80. The van der Waals surface area contributed by atoms with Crippen molar-refractivity contribution in [3.05, 3.63) is 11.6 Å². The van der Waals surface area contributed by atoms with Crippen LogP contribution in [0.2, 0.25) is 0 Å². The lowest BCUT2D eigenvalue weighted by Crippen LogP contribution is -2.45. The first-order valence-electron chi connectivity index (χ1n) is 11.2. The third-order valence-electron chi connectivity index (χ3n) is 7.32. The van der Waals surface area contributed by atoms with Crippen molar-refractivity contribution in [1.82, 2.24) is 4.90 Å². The van der Waals surface area contributed by atoms with Crippen LogP contribution in [-0.4, -0.2) is 53.9 Å². The molecule has 2 unspecified atom stereocenters.